The summed E-state index contributed by atoms with van der Waals surface area (Å²) in [4.78, 5) is 91.1. The van der Waals surface area contributed by atoms with Crippen LogP contribution >= 0.6 is 11.3 Å². The molecule has 0 bridgehead atoms. The molecule has 450 valence electrons. The number of halogens is 3. The third-order valence-electron chi connectivity index (χ3n) is 14.3. The van der Waals surface area contributed by atoms with Crippen molar-refractivity contribution in [1.82, 2.24) is 50.9 Å². The second kappa shape index (κ2) is 27.5. The number of anilines is 2. The van der Waals surface area contributed by atoms with Crippen LogP contribution in [0.2, 0.25) is 0 Å². The number of aryl methyl sites for hydroxylation is 2. The fourth-order valence-electron chi connectivity index (χ4n) is 9.61. The van der Waals surface area contributed by atoms with Crippen molar-refractivity contribution in [2.75, 3.05) is 50.2 Å². The van der Waals surface area contributed by atoms with Gasteiger partial charge in [0, 0.05) is 72.4 Å². The van der Waals surface area contributed by atoms with Crippen molar-refractivity contribution in [3.8, 4) is 16.1 Å². The van der Waals surface area contributed by atoms with Crippen LogP contribution in [0.25, 0.3) is 27.0 Å². The predicted molar refractivity (Wildman–Crippen MR) is 314 cm³/mol. The van der Waals surface area contributed by atoms with Gasteiger partial charge in [-0.2, -0.15) is 18.3 Å². The number of nitrogens with zero attached hydrogens (tertiary/aromatic N) is 5. The molecule has 0 spiro atoms. The Bertz CT molecular complexity index is 3520. The summed E-state index contributed by atoms with van der Waals surface area (Å²) in [6.45, 7) is 13.3. The molecule has 1 aliphatic heterocycles. The van der Waals surface area contributed by atoms with E-state index in [1.165, 1.54) is 35.0 Å². The molecule has 1 saturated heterocycles. The monoisotopic (exact) mass is 1190 g/mol. The molecule has 3 unspecified atom stereocenters. The Morgan fingerprint density at radius 1 is 0.859 bits per heavy atom. The third-order valence-corrected chi connectivity index (χ3v) is 15.2. The number of β-amino-alcohol motifs (C(OH)–C–C–N with tert-alkyl or cyclic N) is 1. The largest absolute Gasteiger partial charge is 0.416 e. The Labute approximate surface area is 492 Å². The number of thiazole rings is 1. The summed E-state index contributed by atoms with van der Waals surface area (Å²) in [5.74, 6) is -3.08. The van der Waals surface area contributed by atoms with Gasteiger partial charge >= 0.3 is 6.18 Å². The summed E-state index contributed by atoms with van der Waals surface area (Å²) in [5.41, 5.74) is 5.88. The number of amides is 6. The number of ether oxygens (including phenoxy) is 2. The van der Waals surface area contributed by atoms with Gasteiger partial charge in [-0.25, -0.2) is 9.97 Å². The van der Waals surface area contributed by atoms with Crippen LogP contribution in [0.3, 0.4) is 0 Å². The van der Waals surface area contributed by atoms with E-state index >= 15 is 0 Å². The Hall–Kier alpha value is -8.52. The molecule has 21 nitrogen and oxygen atoms in total. The SMILES string of the molecule is Cc1ncsc1-c1ccc(C(C)NC(=O)[C@@H]2C[C@@H](O)CN2C(=O)C(NC(=O)CCOCCOCCNC(=O)C(C)NC(=O)c2n[nH]c3cc(NCc4cccc(NC(=O)c5cc(-n6cncc6C)cc(C(F)(F)F)c5)c4)ccc23)C(C)(C)C)cc1. The average Bonchev–Trinajstić information content (AvgIpc) is 2.70. The molecule has 4 heterocycles. The number of hydrogen-bond donors (Lipinski definition) is 8. The Kier molecular flexibility index (Phi) is 20.2. The van der Waals surface area contributed by atoms with Gasteiger partial charge in [0.1, 0.15) is 18.1 Å². The standard InChI is InChI=1S/C60H69F3N12O9S/c1-34-29-64-32-75(34)45-25-41(24-42(26-45)60(61,62)63)55(79)70-44-10-8-9-38(23-44)30-66-43-15-16-47-48(27-43)72-73-51(47)57(81)69-37(4)54(78)65-18-20-84-22-21-83-19-17-50(77)71-53(59(5,6)7)58(82)74-31-46(76)28-49(74)56(80)68-35(2)39-11-13-40(14-12-39)52-36(3)67-33-85-52/h8-16,23-27,29,32-33,35,37,46,49,53,66,76H,17-22,28,30-31H2,1-7H3,(H,65,78)(H,68,80)(H,69,81)(H,70,79)(H,71,77)(H,72,73)/t35?,37?,46-,49+,53?/m1/s1. The number of alkyl halides is 3. The van der Waals surface area contributed by atoms with E-state index in [4.69, 9.17) is 9.47 Å². The first-order valence-corrected chi connectivity index (χ1v) is 28.5. The number of benzene rings is 4. The minimum absolute atomic E-state index is 0.0312. The number of fused-ring (bicyclic) bond motifs is 1. The van der Waals surface area contributed by atoms with E-state index in [-0.39, 0.29) is 75.3 Å². The van der Waals surface area contributed by atoms with Gasteiger partial charge < -0.3 is 55.9 Å². The number of imidazole rings is 1. The number of aliphatic hydroxyl groups is 1. The summed E-state index contributed by atoms with van der Waals surface area (Å²) >= 11 is 1.55. The van der Waals surface area contributed by atoms with E-state index in [1.54, 1.807) is 60.2 Å². The molecular weight excluding hydrogens is 1120 g/mol. The van der Waals surface area contributed by atoms with Crippen molar-refractivity contribution >= 4 is 69.1 Å². The molecule has 0 aliphatic carbocycles. The van der Waals surface area contributed by atoms with E-state index in [1.807, 2.05) is 65.0 Å². The number of hydrogen-bond acceptors (Lipinski definition) is 14. The van der Waals surface area contributed by atoms with Crippen molar-refractivity contribution in [1.29, 1.82) is 0 Å². The zero-order chi connectivity index (χ0) is 61.2. The van der Waals surface area contributed by atoms with Gasteiger partial charge in [0.05, 0.1) is 72.1 Å². The van der Waals surface area contributed by atoms with Crippen LogP contribution in [0.15, 0.2) is 103 Å². The second-order valence-electron chi connectivity index (χ2n) is 21.9. The van der Waals surface area contributed by atoms with Gasteiger partial charge in [0.15, 0.2) is 5.69 Å². The lowest BCUT2D eigenvalue weighted by molar-refractivity contribution is -0.144. The van der Waals surface area contributed by atoms with Crippen molar-refractivity contribution in [2.45, 2.75) is 104 Å². The van der Waals surface area contributed by atoms with E-state index in [2.05, 4.69) is 52.1 Å². The highest BCUT2D eigenvalue weighted by atomic mass is 32.1. The van der Waals surface area contributed by atoms with Gasteiger partial charge in [-0.15, -0.1) is 11.3 Å². The lowest BCUT2D eigenvalue weighted by Crippen LogP contribution is -2.58. The molecule has 6 amide bonds. The molecule has 1 aliphatic rings. The van der Waals surface area contributed by atoms with Gasteiger partial charge in [0.25, 0.3) is 11.8 Å². The van der Waals surface area contributed by atoms with E-state index < -0.39 is 76.8 Å². The van der Waals surface area contributed by atoms with Crippen molar-refractivity contribution < 1.29 is 56.5 Å². The molecule has 3 aromatic heterocycles. The first-order valence-electron chi connectivity index (χ1n) is 27.6. The molecule has 4 aromatic carbocycles. The highest BCUT2D eigenvalue weighted by Gasteiger charge is 2.45. The number of carbonyl (C=O) groups excluding carboxylic acids is 6. The quantitative estimate of drug-likeness (QED) is 0.0274. The van der Waals surface area contributed by atoms with Gasteiger partial charge in [-0.05, 0) is 98.3 Å². The molecule has 7 aromatic rings. The maximum absolute atomic E-state index is 14.1. The van der Waals surface area contributed by atoms with Crippen LogP contribution in [-0.2, 0) is 41.4 Å². The van der Waals surface area contributed by atoms with Gasteiger partial charge in [0.2, 0.25) is 23.6 Å². The summed E-state index contributed by atoms with van der Waals surface area (Å²) in [5, 5.41) is 35.4. The van der Waals surface area contributed by atoms with Gasteiger partial charge in [-0.1, -0.05) is 57.2 Å². The van der Waals surface area contributed by atoms with Crippen LogP contribution in [0.4, 0.5) is 24.5 Å². The van der Waals surface area contributed by atoms with Crippen LogP contribution in [-0.4, -0.2) is 134 Å². The van der Waals surface area contributed by atoms with E-state index in [0.717, 1.165) is 39.4 Å². The van der Waals surface area contributed by atoms with E-state index in [9.17, 15) is 47.0 Å². The number of carbonyl (C=O) groups is 6. The first-order chi connectivity index (χ1) is 40.4. The maximum atomic E-state index is 14.1. The van der Waals surface area contributed by atoms with Crippen LogP contribution in [0.1, 0.15) is 102 Å². The fraction of sp³-hybridized carbons (Fsp3) is 0.383. The van der Waals surface area contributed by atoms with Crippen LogP contribution < -0.4 is 31.9 Å². The number of aromatic nitrogens is 5. The lowest BCUT2D eigenvalue weighted by Gasteiger charge is -2.35. The Morgan fingerprint density at radius 3 is 2.31 bits per heavy atom. The minimum Gasteiger partial charge on any atom is -0.391 e. The topological polar surface area (TPSA) is 276 Å². The van der Waals surface area contributed by atoms with Crippen LogP contribution in [0.5, 0.6) is 0 Å². The molecular formula is C60H69F3N12O9S. The molecule has 0 saturated carbocycles. The van der Waals surface area contributed by atoms with Crippen LogP contribution in [0, 0.1) is 19.3 Å². The zero-order valence-electron chi connectivity index (χ0n) is 48.1. The summed E-state index contributed by atoms with van der Waals surface area (Å²) in [6.07, 6.45) is -2.72. The number of nitrogens with one attached hydrogen (secondary N) is 7. The zero-order valence-corrected chi connectivity index (χ0v) is 48.9. The molecule has 5 atom stereocenters. The predicted octanol–water partition coefficient (Wildman–Crippen LogP) is 7.40. The molecule has 0 radical (unpaired) electrons. The summed E-state index contributed by atoms with van der Waals surface area (Å²) in [6, 6.07) is 19.8. The number of H-pyrrole nitrogens is 1. The third kappa shape index (κ3) is 16.2. The average molecular weight is 1190 g/mol. The number of rotatable bonds is 24. The van der Waals surface area contributed by atoms with E-state index in [0.29, 0.717) is 34.5 Å². The van der Waals surface area contributed by atoms with Crippen molar-refractivity contribution in [2.24, 2.45) is 5.41 Å². The fourth-order valence-corrected chi connectivity index (χ4v) is 10.4. The normalized spacial score (nSPS) is 15.4. The lowest BCUT2D eigenvalue weighted by atomic mass is 9.85. The number of aliphatic hydroxyl groups excluding tert-OH is 1. The van der Waals surface area contributed by atoms with Gasteiger partial charge in [-0.3, -0.25) is 33.9 Å². The molecule has 85 heavy (non-hydrogen) atoms. The number of likely N-dealkylation sites (tertiary alicyclic amines) is 1. The summed E-state index contributed by atoms with van der Waals surface area (Å²) in [7, 11) is 0. The number of aromatic amines is 1. The second-order valence-corrected chi connectivity index (χ2v) is 22.7. The van der Waals surface area contributed by atoms with Crippen molar-refractivity contribution in [3.05, 3.63) is 142 Å². The maximum Gasteiger partial charge on any atom is 0.416 e. The Morgan fingerprint density at radius 2 is 1.61 bits per heavy atom. The van der Waals surface area contributed by atoms with Crippen molar-refractivity contribution in [3.63, 3.8) is 0 Å². The molecule has 8 N–H and O–H groups in total. The first kappa shape index (κ1) is 62.5. The smallest absolute Gasteiger partial charge is 0.391 e. The molecule has 8 rings (SSSR count). The molecule has 1 fully saturated rings. The Balaban J connectivity index is 0.714. The minimum atomic E-state index is -4.69. The summed E-state index contributed by atoms with van der Waals surface area (Å²) < 4.78 is 54.2. The highest BCUT2D eigenvalue weighted by Crippen LogP contribution is 2.33. The highest BCUT2D eigenvalue weighted by molar-refractivity contribution is 7.13. The molecule has 25 heteroatoms.